The number of hydrogen-bond acceptors (Lipinski definition) is 6. The molecule has 3 heterocycles. The minimum absolute atomic E-state index is 0.0622. The number of amides is 1. The summed E-state index contributed by atoms with van der Waals surface area (Å²) in [6.07, 6.45) is 12.3. The van der Waals surface area contributed by atoms with Crippen LogP contribution in [0.15, 0.2) is 35.2 Å². The lowest BCUT2D eigenvalue weighted by Crippen LogP contribution is -2.35. The molecule has 0 aliphatic carbocycles. The van der Waals surface area contributed by atoms with Crippen LogP contribution in [0.1, 0.15) is 51.5 Å². The summed E-state index contributed by atoms with van der Waals surface area (Å²) in [5.74, 6) is 1.07. The number of carbonyl (C=O) groups is 1. The highest BCUT2D eigenvalue weighted by Crippen LogP contribution is 2.25. The first kappa shape index (κ1) is 24.4. The predicted molar refractivity (Wildman–Crippen MR) is 131 cm³/mol. The van der Waals surface area contributed by atoms with Gasteiger partial charge >= 0.3 is 0 Å². The van der Waals surface area contributed by atoms with E-state index in [9.17, 15) is 4.79 Å². The van der Waals surface area contributed by atoms with E-state index in [0.717, 1.165) is 75.2 Å². The molecule has 174 valence electrons. The number of pyridine rings is 1. The van der Waals surface area contributed by atoms with Gasteiger partial charge in [-0.3, -0.25) is 9.79 Å². The predicted octanol–water partition coefficient (Wildman–Crippen LogP) is 4.17. The van der Waals surface area contributed by atoms with Crippen LogP contribution in [-0.2, 0) is 9.53 Å². The zero-order chi connectivity index (χ0) is 22.8. The average Bonchev–Trinajstić information content (AvgIpc) is 3.34. The fourth-order valence-corrected chi connectivity index (χ4v) is 4.09. The van der Waals surface area contributed by atoms with Gasteiger partial charge in [0.1, 0.15) is 5.82 Å². The lowest BCUT2D eigenvalue weighted by atomic mass is 10.0. The molecule has 8 heteroatoms. The fraction of sp³-hybridized carbons (Fsp3) is 0.542. The van der Waals surface area contributed by atoms with Crippen molar-refractivity contribution in [2.45, 2.75) is 52.0 Å². The van der Waals surface area contributed by atoms with Crippen LogP contribution in [0.4, 0.5) is 5.82 Å². The van der Waals surface area contributed by atoms with E-state index >= 15 is 0 Å². The minimum atomic E-state index is -0.158. The summed E-state index contributed by atoms with van der Waals surface area (Å²) in [5, 5.41) is 10.1. The van der Waals surface area contributed by atoms with Gasteiger partial charge < -0.3 is 20.7 Å². The molecule has 0 saturated carbocycles. The first-order valence-electron chi connectivity index (χ1n) is 11.5. The molecular weight excluding hydrogens is 426 g/mol. The van der Waals surface area contributed by atoms with Gasteiger partial charge in [0, 0.05) is 49.6 Å². The van der Waals surface area contributed by atoms with E-state index in [0.29, 0.717) is 16.8 Å². The molecule has 3 rings (SSSR count). The van der Waals surface area contributed by atoms with Gasteiger partial charge in [-0.25, -0.2) is 4.98 Å². The third-order valence-electron chi connectivity index (χ3n) is 5.75. The van der Waals surface area contributed by atoms with Crippen molar-refractivity contribution in [1.29, 1.82) is 0 Å². The quantitative estimate of drug-likeness (QED) is 0.482. The number of aromatic nitrogens is 1. The topological polar surface area (TPSA) is 87.6 Å². The summed E-state index contributed by atoms with van der Waals surface area (Å²) in [6, 6.07) is 1.64. The number of aliphatic imine (C=N–C) groups is 1. The van der Waals surface area contributed by atoms with Gasteiger partial charge in [-0.2, -0.15) is 0 Å². The summed E-state index contributed by atoms with van der Waals surface area (Å²) < 4.78 is 5.43. The van der Waals surface area contributed by atoms with E-state index in [1.165, 1.54) is 0 Å². The summed E-state index contributed by atoms with van der Waals surface area (Å²) in [4.78, 5) is 21.1. The van der Waals surface area contributed by atoms with Crippen LogP contribution < -0.4 is 16.0 Å². The van der Waals surface area contributed by atoms with Crippen molar-refractivity contribution in [2.24, 2.45) is 10.9 Å². The molecule has 1 unspecified atom stereocenters. The minimum Gasteiger partial charge on any atom is -0.384 e. The molecule has 1 atom stereocenters. The normalized spacial score (nSPS) is 20.7. The van der Waals surface area contributed by atoms with E-state index in [4.69, 9.17) is 16.3 Å². The zero-order valence-electron chi connectivity index (χ0n) is 19.0. The number of anilines is 1. The van der Waals surface area contributed by atoms with Crippen molar-refractivity contribution in [1.82, 2.24) is 15.6 Å². The first-order valence-corrected chi connectivity index (χ1v) is 11.9. The Balaban J connectivity index is 1.62. The summed E-state index contributed by atoms with van der Waals surface area (Å²) in [5.41, 5.74) is 2.70. The van der Waals surface area contributed by atoms with Gasteiger partial charge in [0.25, 0.3) is 0 Å². The van der Waals surface area contributed by atoms with Crippen molar-refractivity contribution >= 4 is 35.1 Å². The molecule has 0 radical (unpaired) electrons. The molecule has 0 bridgehead atoms. The molecule has 2 aliphatic rings. The smallest absolute Gasteiger partial charge is 0.242 e. The Kier molecular flexibility index (Phi) is 9.71. The lowest BCUT2D eigenvalue weighted by molar-refractivity contribution is -0.117. The first-order chi connectivity index (χ1) is 15.6. The number of ether oxygens (including phenoxy) is 1. The Hall–Kier alpha value is -2.22. The molecule has 3 N–H and O–H groups in total. The Morgan fingerprint density at radius 2 is 2.19 bits per heavy atom. The van der Waals surface area contributed by atoms with Crippen molar-refractivity contribution in [2.75, 3.05) is 31.6 Å². The molecule has 1 amide bonds. The zero-order valence-corrected chi connectivity index (χ0v) is 19.8. The number of halogens is 1. The second-order valence-corrected chi connectivity index (χ2v) is 8.69. The fourth-order valence-electron chi connectivity index (χ4n) is 3.83. The van der Waals surface area contributed by atoms with E-state index < -0.39 is 0 Å². The molecule has 0 aromatic carbocycles. The maximum atomic E-state index is 12.4. The molecule has 1 aromatic rings. The van der Waals surface area contributed by atoms with Gasteiger partial charge in [-0.15, -0.1) is 0 Å². The second kappa shape index (κ2) is 12.7. The highest BCUT2D eigenvalue weighted by molar-refractivity contribution is 6.32. The summed E-state index contributed by atoms with van der Waals surface area (Å²) >= 11 is 6.37. The standard InChI is InChI=1S/C24H34ClN5O2/c1-3-5-19(28-14-18-7-10-32-11-8-18)15-26-13-17(2)20-12-23(29-16-21(20)25)30-24(31)22-6-4-9-27-22/h5,12-13,15-16,18,22,27-28H,3-4,6-11,14H2,1-2H3,(H,29,30,31)/b17-13+,19-5-,26-15+. The monoisotopic (exact) mass is 459 g/mol. The van der Waals surface area contributed by atoms with E-state index in [2.05, 4.69) is 38.9 Å². The van der Waals surface area contributed by atoms with Crippen LogP contribution in [0.2, 0.25) is 5.02 Å². The third-order valence-corrected chi connectivity index (χ3v) is 6.05. The highest BCUT2D eigenvalue weighted by Gasteiger charge is 2.22. The number of allylic oxidation sites excluding steroid dienone is 3. The van der Waals surface area contributed by atoms with E-state index in [-0.39, 0.29) is 11.9 Å². The van der Waals surface area contributed by atoms with Crippen LogP contribution in [0.3, 0.4) is 0 Å². The molecular formula is C24H34ClN5O2. The Morgan fingerprint density at radius 1 is 1.38 bits per heavy atom. The van der Waals surface area contributed by atoms with Gasteiger partial charge in [0.15, 0.2) is 0 Å². The molecule has 2 fully saturated rings. The maximum absolute atomic E-state index is 12.4. The van der Waals surface area contributed by atoms with E-state index in [1.54, 1.807) is 18.5 Å². The molecule has 0 spiro atoms. The number of carbonyl (C=O) groups excluding carboxylic acids is 1. The van der Waals surface area contributed by atoms with E-state index in [1.807, 2.05) is 13.1 Å². The van der Waals surface area contributed by atoms with Crippen LogP contribution in [-0.4, -0.2) is 49.5 Å². The lowest BCUT2D eigenvalue weighted by Gasteiger charge is -2.22. The largest absolute Gasteiger partial charge is 0.384 e. The van der Waals surface area contributed by atoms with Crippen molar-refractivity contribution in [3.05, 3.63) is 40.8 Å². The number of nitrogens with zero attached hydrogens (tertiary/aromatic N) is 2. The van der Waals surface area contributed by atoms with Crippen LogP contribution in [0.5, 0.6) is 0 Å². The van der Waals surface area contributed by atoms with Gasteiger partial charge in [0.2, 0.25) is 5.91 Å². The average molecular weight is 460 g/mol. The van der Waals surface area contributed by atoms with Crippen LogP contribution >= 0.6 is 11.6 Å². The van der Waals surface area contributed by atoms with Gasteiger partial charge in [-0.05, 0) is 63.1 Å². The second-order valence-electron chi connectivity index (χ2n) is 8.28. The Morgan fingerprint density at radius 3 is 2.91 bits per heavy atom. The SMILES string of the molecule is CC/C=C(/C=N/C=C(\C)c1cc(NC(=O)C2CCCN2)ncc1Cl)NCC1CCOCC1. The van der Waals surface area contributed by atoms with Crippen molar-refractivity contribution in [3.63, 3.8) is 0 Å². The molecule has 2 saturated heterocycles. The van der Waals surface area contributed by atoms with Crippen LogP contribution in [0.25, 0.3) is 5.57 Å². The maximum Gasteiger partial charge on any atom is 0.242 e. The molecule has 1 aromatic heterocycles. The number of hydrogen-bond donors (Lipinski definition) is 3. The van der Waals surface area contributed by atoms with Crippen molar-refractivity contribution in [3.8, 4) is 0 Å². The van der Waals surface area contributed by atoms with Crippen LogP contribution in [0, 0.1) is 5.92 Å². The Labute approximate surface area is 195 Å². The van der Waals surface area contributed by atoms with Crippen molar-refractivity contribution < 1.29 is 9.53 Å². The number of nitrogens with one attached hydrogen (secondary N) is 3. The summed E-state index contributed by atoms with van der Waals surface area (Å²) in [7, 11) is 0. The third kappa shape index (κ3) is 7.43. The molecule has 2 aliphatic heterocycles. The number of rotatable bonds is 9. The highest BCUT2D eigenvalue weighted by atomic mass is 35.5. The summed E-state index contributed by atoms with van der Waals surface area (Å²) in [6.45, 7) is 7.55. The Bertz CT molecular complexity index is 856. The molecule has 32 heavy (non-hydrogen) atoms. The molecule has 7 nitrogen and oxygen atoms in total. The van der Waals surface area contributed by atoms with Gasteiger partial charge in [0.05, 0.1) is 11.1 Å². The van der Waals surface area contributed by atoms with Gasteiger partial charge in [-0.1, -0.05) is 24.6 Å².